The Morgan fingerprint density at radius 1 is 0.333 bits per heavy atom. The molecular weight excluding hydrogens is 1630 g/mol. The minimum atomic E-state index is 0.792. The zero-order valence-corrected chi connectivity index (χ0v) is 81.8. The summed E-state index contributed by atoms with van der Waals surface area (Å²) in [5, 5.41) is 33.1. The normalized spacial score (nSPS) is 8.33. The number of rotatable bonds is 24. The molecule has 0 spiro atoms. The van der Waals surface area contributed by atoms with Gasteiger partial charge in [0, 0.05) is 63.9 Å². The molecule has 0 amide bonds. The van der Waals surface area contributed by atoms with Crippen LogP contribution in [-0.2, 0) is 0 Å². The predicted octanol–water partition coefficient (Wildman–Crippen LogP) is 27.8. The highest BCUT2D eigenvalue weighted by Gasteiger charge is 1.72. The van der Waals surface area contributed by atoms with Gasteiger partial charge in [-0.05, 0) is 204 Å². The van der Waals surface area contributed by atoms with Crippen LogP contribution < -0.4 is 0 Å². The molecule has 0 radical (unpaired) electrons. The van der Waals surface area contributed by atoms with E-state index in [4.69, 9.17) is 0 Å². The van der Waals surface area contributed by atoms with Gasteiger partial charge in [0.25, 0.3) is 0 Å². The first-order valence-electron chi connectivity index (χ1n) is 29.7. The molecule has 0 heterocycles. The second kappa shape index (κ2) is 205. The van der Waals surface area contributed by atoms with Crippen LogP contribution in [0.25, 0.3) is 0 Å². The summed E-state index contributed by atoms with van der Waals surface area (Å²) in [4.78, 5) is 0. The zero-order valence-electron chi connectivity index (χ0n) is 61.1. The van der Waals surface area contributed by atoms with Crippen molar-refractivity contribution in [3.8, 4) is 90.1 Å². The van der Waals surface area contributed by atoms with Crippen molar-refractivity contribution in [1.82, 2.24) is 0 Å². The fourth-order valence-electron chi connectivity index (χ4n) is 2.51. The lowest BCUT2D eigenvalue weighted by Crippen LogP contribution is -1.63. The quantitative estimate of drug-likeness (QED) is 0.0195. The van der Waals surface area contributed by atoms with E-state index < -0.39 is 0 Å². The summed E-state index contributed by atoms with van der Waals surface area (Å²) in [7, 11) is 0. The highest BCUT2D eigenvalue weighted by atomic mass is 32.2. The van der Waals surface area contributed by atoms with Gasteiger partial charge in [0.2, 0.25) is 0 Å². The highest BCUT2D eigenvalue weighted by Crippen LogP contribution is 2.02. The molecule has 0 aromatic carbocycles. The van der Waals surface area contributed by atoms with Crippen molar-refractivity contribution in [2.24, 2.45) is 0 Å². The first-order valence-corrected chi connectivity index (χ1v) is 49.0. The van der Waals surface area contributed by atoms with E-state index in [1.807, 2.05) is 139 Å². The van der Waals surface area contributed by atoms with Crippen LogP contribution in [0.3, 0.4) is 0 Å². The molecule has 560 valence electrons. The molecule has 0 saturated heterocycles. The van der Waals surface area contributed by atoms with Gasteiger partial charge in [-0.25, -0.2) is 0 Å². The van der Waals surface area contributed by atoms with E-state index in [1.54, 1.807) is 104 Å². The summed E-state index contributed by atoms with van der Waals surface area (Å²) in [6.07, 6.45) is 35.0. The molecule has 0 unspecified atom stereocenters. The summed E-state index contributed by atoms with van der Waals surface area (Å²) >= 11 is 70.9. The van der Waals surface area contributed by atoms with E-state index in [9.17, 15) is 0 Å². The molecule has 0 saturated carbocycles. The maximum absolute atomic E-state index is 4.00. The lowest BCUT2D eigenvalue weighted by molar-refractivity contribution is 0.960. The van der Waals surface area contributed by atoms with E-state index in [0.29, 0.717) is 0 Å². The van der Waals surface area contributed by atoms with Crippen molar-refractivity contribution in [1.29, 1.82) is 0 Å². The van der Waals surface area contributed by atoms with E-state index in [2.05, 4.69) is 345 Å². The Balaban J connectivity index is -0.0000000508. The Morgan fingerprint density at radius 2 is 0.750 bits per heavy atom. The Morgan fingerprint density at radius 3 is 0.917 bits per heavy atom. The molecular formula is C72H128S24. The van der Waals surface area contributed by atoms with Gasteiger partial charge in [-0.1, -0.05) is 224 Å². The smallest absolute Gasteiger partial charge is 0.0553 e. The van der Waals surface area contributed by atoms with Crippen molar-refractivity contribution >= 4 is 294 Å². The molecule has 0 aliphatic carbocycles. The predicted molar refractivity (Wildman–Crippen MR) is 545 cm³/mol. The molecule has 0 atom stereocenters. The molecule has 0 fully saturated rings. The molecule has 0 aliphatic rings. The Kier molecular flexibility index (Phi) is 295. The Bertz CT molecular complexity index is 1560. The summed E-state index contributed by atoms with van der Waals surface area (Å²) in [5.74, 6) is 37.3. The summed E-state index contributed by atoms with van der Waals surface area (Å²) in [5.41, 5.74) is 0. The molecule has 0 rings (SSSR count). The van der Waals surface area contributed by atoms with Crippen molar-refractivity contribution in [3.05, 3.63) is 92.5 Å². The molecule has 0 nitrogen and oxygen atoms in total. The van der Waals surface area contributed by atoms with E-state index in [0.717, 1.165) is 118 Å². The third kappa shape index (κ3) is 344. The average molecular weight is 1760 g/mol. The Hall–Kier alpha value is 2.80. The van der Waals surface area contributed by atoms with Crippen molar-refractivity contribution in [2.75, 3.05) is 104 Å². The fraction of sp³-hybridized carbons (Fsp3) is 0.556. The zero-order chi connectivity index (χ0) is 77.3. The second-order valence-corrected chi connectivity index (χ2v) is 28.9. The van der Waals surface area contributed by atoms with Gasteiger partial charge >= 0.3 is 0 Å². The minimum Gasteiger partial charge on any atom is -0.179 e. The first kappa shape index (κ1) is 138. The van der Waals surface area contributed by atoms with Gasteiger partial charge in [0.1, 0.15) is 0 Å². The minimum absolute atomic E-state index is 0.792. The second-order valence-electron chi connectivity index (χ2n) is 13.8. The van der Waals surface area contributed by atoms with Crippen LogP contribution in [0.2, 0.25) is 0 Å². The monoisotopic (exact) mass is 1760 g/mol. The number of allylic oxidation sites excluding steroid dienone is 7. The summed E-state index contributed by atoms with van der Waals surface area (Å²) in [6.45, 7) is 28.1. The van der Waals surface area contributed by atoms with Crippen molar-refractivity contribution in [2.45, 2.75) is 148 Å². The molecule has 0 aromatic rings. The van der Waals surface area contributed by atoms with Crippen LogP contribution in [-0.4, -0.2) is 104 Å². The first-order chi connectivity index (χ1) is 46.6. The maximum atomic E-state index is 4.00. The SMILES string of the molecule is C/C=C\CCS.C/C=C\CSC.C/C=C\SCC.C/C=C\SCS.CC#CCCS.CC#CCSC.CC#CSCC.CC#CSCS.CCC/C=C\S.CCCC#CS.CCS/C=C\S.CCSC#CS.CSC/C=C\S.CSCC#CS.S/C=C\CCS.SC#CCCS. The number of unbranched alkanes of at least 4 members (excludes halogenated alkanes) is 2. The van der Waals surface area contributed by atoms with Gasteiger partial charge in [-0.15, -0.1) is 53.0 Å². The van der Waals surface area contributed by atoms with Gasteiger partial charge in [0.15, 0.2) is 0 Å². The number of thiol groups is 14. The Labute approximate surface area is 720 Å². The van der Waals surface area contributed by atoms with E-state index in [1.165, 1.54) is 23.9 Å². The molecule has 0 N–H and O–H groups in total. The lowest BCUT2D eigenvalue weighted by atomic mass is 10.3. The maximum Gasteiger partial charge on any atom is 0.0553 e. The highest BCUT2D eigenvalue weighted by molar-refractivity contribution is 8.12. The number of thioether (sulfide) groups is 10. The third-order valence-electron chi connectivity index (χ3n) is 6.08. The van der Waals surface area contributed by atoms with Crippen LogP contribution in [0.15, 0.2) is 92.5 Å². The van der Waals surface area contributed by atoms with Crippen molar-refractivity contribution < 1.29 is 0 Å². The summed E-state index contributed by atoms with van der Waals surface area (Å²) in [6, 6.07) is 0. The van der Waals surface area contributed by atoms with Gasteiger partial charge < -0.3 is 0 Å². The molecule has 0 aromatic heterocycles. The lowest BCUT2D eigenvalue weighted by Gasteiger charge is -1.77. The largest absolute Gasteiger partial charge is 0.179 e. The molecule has 96 heavy (non-hydrogen) atoms. The van der Waals surface area contributed by atoms with Crippen LogP contribution in [0.5, 0.6) is 0 Å². The van der Waals surface area contributed by atoms with Gasteiger partial charge in [-0.3, -0.25) is 0 Å². The summed E-state index contributed by atoms with van der Waals surface area (Å²) < 4.78 is 0. The topological polar surface area (TPSA) is 0 Å². The number of hydrogen-bond donors (Lipinski definition) is 14. The van der Waals surface area contributed by atoms with Gasteiger partial charge in [-0.2, -0.15) is 173 Å². The van der Waals surface area contributed by atoms with Crippen LogP contribution >= 0.6 is 294 Å². The van der Waals surface area contributed by atoms with Crippen molar-refractivity contribution in [3.63, 3.8) is 0 Å². The van der Waals surface area contributed by atoms with Gasteiger partial charge in [0.05, 0.1) is 11.5 Å². The van der Waals surface area contributed by atoms with E-state index in [-0.39, 0.29) is 0 Å². The molecule has 24 heteroatoms. The molecule has 0 bridgehead atoms. The average Bonchev–Trinajstić information content (AvgIpc) is 3.62. The van der Waals surface area contributed by atoms with Crippen LogP contribution in [0.4, 0.5) is 0 Å². The fourth-order valence-corrected chi connectivity index (χ4v) is 7.72. The van der Waals surface area contributed by atoms with E-state index >= 15 is 0 Å². The standard InChI is InChI=1S/C5H10S.C5H8S.C5H10S.C5H8S.2C5H10S.2C5H8S.C4H8S2.C4H6S2.C4H8S2.C4H6S2.C4H8S2.C4H6S2.C4H8S2.C4H6S2/c2*1-3-4-5-6-2;2*1-3-5-6-4-2;4*1-2-3-4-5-6;2*1-6-4-2-3-5;2*1-2-6-4-3-5;2*1-2-3-6-4-5;2*5-3-1-2-4-6/h3-4H,5H2,1-2H3;5H2,1-2H3;3,5H,4H2,1-2H3;4H2,1-2H3;4-6H,2-3H2,1H3;2-3,6H,4-5H2,1H3;6H,4-5H2,1H3;6H,2-3H2,1H3;2-3,5H,4H2,1H3;5H,4H2,1H3;3-5H,2H2,1H3;5H,2H2,1H3;2-3,5H,4H2,1H3;5H,4H2,1H3;1,3,5-6H,2,4H2;5-6H,1,3H2/b4-3-;;5-3-;;5-4-;3-2-;;;3-2-;;4-3-;;3-2-;;3-1-;. The molecule has 0 aliphatic heterocycles. The van der Waals surface area contributed by atoms with Crippen LogP contribution in [0.1, 0.15) is 148 Å². The van der Waals surface area contributed by atoms with Crippen LogP contribution in [0, 0.1) is 90.1 Å². The number of hydrogen-bond acceptors (Lipinski definition) is 24. The third-order valence-corrected chi connectivity index (χ3v) is 15.2.